The van der Waals surface area contributed by atoms with Crippen LogP contribution in [0.2, 0.25) is 10.0 Å². The molecule has 11 heteroatoms. The van der Waals surface area contributed by atoms with Gasteiger partial charge in [-0.2, -0.15) is 0 Å². The molecule has 0 spiro atoms. The van der Waals surface area contributed by atoms with Crippen LogP contribution in [-0.2, 0) is 17.8 Å². The highest BCUT2D eigenvalue weighted by atomic mass is 35.5. The molecule has 2 heterocycles. The number of ketones is 1. The lowest BCUT2D eigenvalue weighted by Gasteiger charge is -2.11. The lowest BCUT2D eigenvalue weighted by Crippen LogP contribution is -2.12. The third kappa shape index (κ3) is 6.03. The number of rotatable bonds is 9. The van der Waals surface area contributed by atoms with Gasteiger partial charge in [0.25, 0.3) is 0 Å². The summed E-state index contributed by atoms with van der Waals surface area (Å²) in [5.41, 5.74) is 1.61. The van der Waals surface area contributed by atoms with Crippen molar-refractivity contribution in [2.75, 3.05) is 11.1 Å². The van der Waals surface area contributed by atoms with Gasteiger partial charge in [0.1, 0.15) is 18.0 Å². The molecule has 2 aromatic heterocycles. The summed E-state index contributed by atoms with van der Waals surface area (Å²) in [5, 5.41) is 3.98. The quantitative estimate of drug-likeness (QED) is 0.127. The van der Waals surface area contributed by atoms with E-state index >= 15 is 0 Å². The monoisotopic (exact) mass is 564 g/mol. The second-order valence-electron chi connectivity index (χ2n) is 8.36. The van der Waals surface area contributed by atoms with Gasteiger partial charge in [-0.15, -0.1) is 11.8 Å². The molecule has 0 bridgehead atoms. The first-order valence-corrected chi connectivity index (χ1v) is 13.8. The summed E-state index contributed by atoms with van der Waals surface area (Å²) in [4.78, 5) is 21.4. The van der Waals surface area contributed by atoms with Gasteiger partial charge in [-0.25, -0.2) is 14.4 Å². The fourth-order valence-corrected chi connectivity index (χ4v) is 6.60. The van der Waals surface area contributed by atoms with Gasteiger partial charge in [-0.05, 0) is 60.8 Å². The summed E-state index contributed by atoms with van der Waals surface area (Å²) in [6.45, 7) is 0.224. The van der Waals surface area contributed by atoms with Gasteiger partial charge in [0.05, 0.1) is 32.0 Å². The van der Waals surface area contributed by atoms with Crippen LogP contribution in [0, 0.1) is 15.7 Å². The number of carbonyl (C=O) groups is 1. The van der Waals surface area contributed by atoms with Crippen molar-refractivity contribution in [2.24, 2.45) is 5.92 Å². The molecule has 5 rings (SSSR count). The Hall–Kier alpha value is -2.04. The van der Waals surface area contributed by atoms with E-state index in [1.54, 1.807) is 11.3 Å². The second-order valence-corrected chi connectivity index (χ2v) is 12.2. The van der Waals surface area contributed by atoms with Gasteiger partial charge >= 0.3 is 0 Å². The highest BCUT2D eigenvalue weighted by Gasteiger charge is 2.21. The van der Waals surface area contributed by atoms with E-state index in [9.17, 15) is 9.18 Å². The molecule has 180 valence electrons. The molecular weight excluding hydrogens is 546 g/mol. The van der Waals surface area contributed by atoms with Crippen LogP contribution in [0.25, 0.3) is 10.9 Å². The Kier molecular flexibility index (Phi) is 7.41. The van der Waals surface area contributed by atoms with E-state index < -0.39 is 5.82 Å². The summed E-state index contributed by atoms with van der Waals surface area (Å²) in [7, 11) is 0. The molecule has 1 N–H and O–H groups in total. The number of nitrogens with zero attached hydrogens (tertiary/aromatic N) is 3. The Morgan fingerprint density at radius 1 is 1.23 bits per heavy atom. The Balaban J connectivity index is 1.32. The number of nitrogens with one attached hydrogen (secondary N) is 1. The predicted molar refractivity (Wildman–Crippen MR) is 145 cm³/mol. The fraction of sp³-hybridized carbons (Fsp3) is 0.250. The molecule has 0 unspecified atom stereocenters. The number of hydrogen-bond acceptors (Lipinski definition) is 7. The number of thioether (sulfide) groups is 1. The highest BCUT2D eigenvalue weighted by molar-refractivity contribution is 8.01. The van der Waals surface area contributed by atoms with Crippen molar-refractivity contribution in [1.29, 1.82) is 0 Å². The highest BCUT2D eigenvalue weighted by Crippen LogP contribution is 2.37. The first-order chi connectivity index (χ1) is 16.9. The average molecular weight is 566 g/mol. The van der Waals surface area contributed by atoms with Crippen LogP contribution in [0.1, 0.15) is 18.4 Å². The topological polar surface area (TPSA) is 59.8 Å². The SMILES string of the molecule is O=C(Cc1ccc2ncnc(Nc3cc(Cl)c(Cl)cc3F)c2c1)Cn1cc(SCC2CC2)sc1=S. The van der Waals surface area contributed by atoms with E-state index in [0.29, 0.717) is 20.7 Å². The van der Waals surface area contributed by atoms with Crippen molar-refractivity contribution in [3.8, 4) is 0 Å². The molecule has 1 fully saturated rings. The summed E-state index contributed by atoms with van der Waals surface area (Å²) in [5.74, 6) is 1.83. The van der Waals surface area contributed by atoms with Crippen molar-refractivity contribution in [1.82, 2.24) is 14.5 Å². The maximum absolute atomic E-state index is 14.4. The first-order valence-electron chi connectivity index (χ1n) is 10.9. The van der Waals surface area contributed by atoms with Gasteiger partial charge < -0.3 is 9.88 Å². The van der Waals surface area contributed by atoms with Crippen LogP contribution in [0.3, 0.4) is 0 Å². The molecule has 0 saturated heterocycles. The largest absolute Gasteiger partial charge is 0.337 e. The molecule has 2 aromatic carbocycles. The molecule has 1 aliphatic rings. The van der Waals surface area contributed by atoms with Gasteiger partial charge in [0, 0.05) is 23.8 Å². The number of Topliss-reactive ketones (excluding diaryl/α,β-unsaturated/α-hetero) is 1. The third-order valence-electron chi connectivity index (χ3n) is 5.55. The van der Waals surface area contributed by atoms with Crippen LogP contribution in [0.4, 0.5) is 15.9 Å². The van der Waals surface area contributed by atoms with Gasteiger partial charge in [-0.1, -0.05) is 40.6 Å². The molecule has 35 heavy (non-hydrogen) atoms. The Bertz CT molecular complexity index is 1490. The number of thiazole rings is 1. The summed E-state index contributed by atoms with van der Waals surface area (Å²) >= 11 is 20.8. The van der Waals surface area contributed by atoms with Crippen molar-refractivity contribution in [3.63, 3.8) is 0 Å². The van der Waals surface area contributed by atoms with Crippen molar-refractivity contribution >= 4 is 86.7 Å². The van der Waals surface area contributed by atoms with Crippen LogP contribution >= 0.6 is 58.5 Å². The van der Waals surface area contributed by atoms with Gasteiger partial charge in [0.15, 0.2) is 9.74 Å². The lowest BCUT2D eigenvalue weighted by atomic mass is 10.1. The molecule has 0 amide bonds. The zero-order valence-corrected chi connectivity index (χ0v) is 22.2. The van der Waals surface area contributed by atoms with Crippen LogP contribution in [-0.4, -0.2) is 26.1 Å². The van der Waals surface area contributed by atoms with E-state index in [0.717, 1.165) is 27.5 Å². The third-order valence-corrected chi connectivity index (χ3v) is 9.11. The van der Waals surface area contributed by atoms with Crippen molar-refractivity contribution < 1.29 is 9.18 Å². The zero-order valence-electron chi connectivity index (χ0n) is 18.3. The van der Waals surface area contributed by atoms with E-state index in [1.807, 2.05) is 40.7 Å². The zero-order chi connectivity index (χ0) is 24.5. The number of aromatic nitrogens is 3. The van der Waals surface area contributed by atoms with Crippen LogP contribution in [0.5, 0.6) is 0 Å². The lowest BCUT2D eigenvalue weighted by molar-refractivity contribution is -0.119. The Morgan fingerprint density at radius 3 is 2.83 bits per heavy atom. The molecule has 0 aliphatic heterocycles. The average Bonchev–Trinajstić information content (AvgIpc) is 3.59. The minimum absolute atomic E-state index is 0.0406. The minimum Gasteiger partial charge on any atom is -0.337 e. The summed E-state index contributed by atoms with van der Waals surface area (Å²) < 4.78 is 18.1. The number of fused-ring (bicyclic) bond motifs is 1. The molecule has 4 aromatic rings. The molecule has 1 saturated carbocycles. The van der Waals surface area contributed by atoms with Crippen LogP contribution < -0.4 is 5.32 Å². The number of anilines is 2. The maximum Gasteiger partial charge on any atom is 0.162 e. The summed E-state index contributed by atoms with van der Waals surface area (Å²) in [6.07, 6.45) is 6.23. The van der Waals surface area contributed by atoms with Crippen molar-refractivity contribution in [2.45, 2.75) is 30.0 Å². The minimum atomic E-state index is -0.556. The van der Waals surface area contributed by atoms with Gasteiger partial charge in [-0.3, -0.25) is 4.79 Å². The molecule has 0 atom stereocenters. The van der Waals surface area contributed by atoms with E-state index in [2.05, 4.69) is 15.3 Å². The number of hydrogen-bond donors (Lipinski definition) is 1. The van der Waals surface area contributed by atoms with E-state index in [-0.39, 0.29) is 34.5 Å². The Morgan fingerprint density at radius 2 is 2.03 bits per heavy atom. The van der Waals surface area contributed by atoms with Crippen LogP contribution in [0.15, 0.2) is 47.1 Å². The second kappa shape index (κ2) is 10.5. The van der Waals surface area contributed by atoms with Crippen molar-refractivity contribution in [3.05, 3.63) is 68.2 Å². The molecule has 1 aliphatic carbocycles. The number of halogens is 3. The number of benzene rings is 2. The maximum atomic E-state index is 14.4. The molecule has 0 radical (unpaired) electrons. The number of carbonyl (C=O) groups excluding carboxylic acids is 1. The Labute approximate surface area is 224 Å². The van der Waals surface area contributed by atoms with E-state index in [4.69, 9.17) is 35.4 Å². The smallest absolute Gasteiger partial charge is 0.162 e. The molecule has 5 nitrogen and oxygen atoms in total. The van der Waals surface area contributed by atoms with Gasteiger partial charge in [0.2, 0.25) is 0 Å². The normalized spacial score (nSPS) is 13.3. The molecular formula is C24H19Cl2FN4OS3. The predicted octanol–water partition coefficient (Wildman–Crippen LogP) is 7.73. The summed E-state index contributed by atoms with van der Waals surface area (Å²) in [6, 6.07) is 8.07. The van der Waals surface area contributed by atoms with E-state index in [1.165, 1.54) is 25.2 Å². The standard InChI is InChI=1S/C24H19Cl2FN4OS3/c25-17-7-19(27)21(8-18(17)26)30-23-16-6-14(3-4-20(16)28-12-29-23)5-15(32)9-31-10-22(35-24(31)33)34-11-13-1-2-13/h3-4,6-8,10,12-13H,1-2,5,9,11H2,(H,28,29,30). The fourth-order valence-electron chi connectivity index (χ4n) is 3.55. The first kappa shape index (κ1) is 24.6.